The molecule has 0 amide bonds. The maximum atomic E-state index is 11.3. The lowest BCUT2D eigenvalue weighted by Gasteiger charge is -2.03. The molecule has 1 heterocycles. The molecule has 5 heteroatoms. The number of oxime groups is 1. The third kappa shape index (κ3) is 1.69. The normalized spacial score (nSPS) is 11.7. The molecule has 0 radical (unpaired) electrons. The van der Waals surface area contributed by atoms with Gasteiger partial charge in [0.05, 0.1) is 5.56 Å². The van der Waals surface area contributed by atoms with Gasteiger partial charge in [0.1, 0.15) is 0 Å². The summed E-state index contributed by atoms with van der Waals surface area (Å²) in [5.41, 5.74) is 6.64. The van der Waals surface area contributed by atoms with E-state index in [1.165, 1.54) is 0 Å². The predicted octanol–water partition coefficient (Wildman–Crippen LogP) is 0.0862. The van der Waals surface area contributed by atoms with Crippen LogP contribution in [0.2, 0.25) is 0 Å². The fourth-order valence-electron chi connectivity index (χ4n) is 1.22. The minimum Gasteiger partial charge on any atom is -0.409 e. The molecule has 0 atom stereocenters. The molecule has 0 aliphatic rings. The van der Waals surface area contributed by atoms with Crippen molar-refractivity contribution in [2.45, 2.75) is 13.8 Å². The Kier molecular flexibility index (Phi) is 2.36. The van der Waals surface area contributed by atoms with Gasteiger partial charge >= 0.3 is 0 Å². The summed E-state index contributed by atoms with van der Waals surface area (Å²) < 4.78 is 0. The third-order valence-corrected chi connectivity index (χ3v) is 1.73. The summed E-state index contributed by atoms with van der Waals surface area (Å²) in [5.74, 6) is -0.168. The molecule has 0 spiro atoms. The van der Waals surface area contributed by atoms with Gasteiger partial charge in [-0.15, -0.1) is 0 Å². The Labute approximate surface area is 74.9 Å². The SMILES string of the molecule is Cc1cc(C)c(/C(N)=N\O)c(=O)[nH]1. The Morgan fingerprint density at radius 3 is 2.69 bits per heavy atom. The van der Waals surface area contributed by atoms with Gasteiger partial charge in [-0.1, -0.05) is 5.16 Å². The number of nitrogens with one attached hydrogen (secondary N) is 1. The van der Waals surface area contributed by atoms with E-state index in [-0.39, 0.29) is 17.0 Å². The number of hydrogen-bond acceptors (Lipinski definition) is 3. The van der Waals surface area contributed by atoms with Crippen LogP contribution in [-0.4, -0.2) is 16.0 Å². The predicted molar refractivity (Wildman–Crippen MR) is 49.0 cm³/mol. The van der Waals surface area contributed by atoms with Crippen molar-refractivity contribution in [3.8, 4) is 0 Å². The van der Waals surface area contributed by atoms with Crippen molar-refractivity contribution >= 4 is 5.84 Å². The first-order valence-corrected chi connectivity index (χ1v) is 3.74. The summed E-state index contributed by atoms with van der Waals surface area (Å²) in [5, 5.41) is 11.2. The maximum absolute atomic E-state index is 11.3. The van der Waals surface area contributed by atoms with Crippen molar-refractivity contribution in [1.82, 2.24) is 4.98 Å². The summed E-state index contributed by atoms with van der Waals surface area (Å²) in [7, 11) is 0. The van der Waals surface area contributed by atoms with Crippen LogP contribution < -0.4 is 11.3 Å². The molecule has 13 heavy (non-hydrogen) atoms. The van der Waals surface area contributed by atoms with E-state index in [1.807, 2.05) is 0 Å². The zero-order chi connectivity index (χ0) is 10.0. The van der Waals surface area contributed by atoms with Crippen LogP contribution in [0.5, 0.6) is 0 Å². The number of nitrogens with zero attached hydrogens (tertiary/aromatic N) is 1. The Bertz CT molecular complexity index is 406. The molecule has 1 rings (SSSR count). The van der Waals surface area contributed by atoms with Crippen LogP contribution in [0, 0.1) is 13.8 Å². The number of aryl methyl sites for hydroxylation is 2. The molecule has 4 N–H and O–H groups in total. The quantitative estimate of drug-likeness (QED) is 0.248. The van der Waals surface area contributed by atoms with Gasteiger partial charge in [0, 0.05) is 5.69 Å². The summed E-state index contributed by atoms with van der Waals surface area (Å²) in [4.78, 5) is 13.9. The Morgan fingerprint density at radius 1 is 1.62 bits per heavy atom. The van der Waals surface area contributed by atoms with Crippen LogP contribution >= 0.6 is 0 Å². The minimum absolute atomic E-state index is 0.168. The average Bonchev–Trinajstić information content (AvgIpc) is 2.02. The number of pyridine rings is 1. The highest BCUT2D eigenvalue weighted by Gasteiger charge is 2.08. The fraction of sp³-hybridized carbons (Fsp3) is 0.250. The van der Waals surface area contributed by atoms with E-state index in [0.717, 1.165) is 5.69 Å². The van der Waals surface area contributed by atoms with Crippen molar-refractivity contribution < 1.29 is 5.21 Å². The van der Waals surface area contributed by atoms with Gasteiger partial charge in [-0.2, -0.15) is 0 Å². The van der Waals surface area contributed by atoms with Crippen molar-refractivity contribution in [3.63, 3.8) is 0 Å². The van der Waals surface area contributed by atoms with Crippen LogP contribution in [0.25, 0.3) is 0 Å². The van der Waals surface area contributed by atoms with E-state index in [1.54, 1.807) is 19.9 Å². The van der Waals surface area contributed by atoms with Crippen LogP contribution in [0.15, 0.2) is 16.0 Å². The first kappa shape index (κ1) is 9.31. The lowest BCUT2D eigenvalue weighted by Crippen LogP contribution is -2.26. The summed E-state index contributed by atoms with van der Waals surface area (Å²) in [6, 6.07) is 1.76. The number of nitrogens with two attached hydrogens (primary N) is 1. The molecular formula is C8H11N3O2. The third-order valence-electron chi connectivity index (χ3n) is 1.73. The van der Waals surface area contributed by atoms with E-state index < -0.39 is 0 Å². The highest BCUT2D eigenvalue weighted by molar-refractivity contribution is 5.97. The Balaban J connectivity index is 3.47. The van der Waals surface area contributed by atoms with Gasteiger partial charge in [0.25, 0.3) is 5.56 Å². The lowest BCUT2D eigenvalue weighted by atomic mass is 10.1. The van der Waals surface area contributed by atoms with Gasteiger partial charge < -0.3 is 15.9 Å². The minimum atomic E-state index is -0.340. The zero-order valence-corrected chi connectivity index (χ0v) is 7.46. The molecule has 70 valence electrons. The van der Waals surface area contributed by atoms with Crippen LogP contribution in [0.3, 0.4) is 0 Å². The first-order chi connectivity index (χ1) is 6.06. The second-order valence-corrected chi connectivity index (χ2v) is 2.82. The molecule has 0 aromatic carbocycles. The molecule has 0 fully saturated rings. The molecule has 1 aromatic rings. The molecule has 1 aromatic heterocycles. The maximum Gasteiger partial charge on any atom is 0.259 e. The zero-order valence-electron chi connectivity index (χ0n) is 7.46. The molecule has 0 unspecified atom stereocenters. The topological polar surface area (TPSA) is 91.5 Å². The van der Waals surface area contributed by atoms with Crippen molar-refractivity contribution in [1.29, 1.82) is 0 Å². The Hall–Kier alpha value is -1.78. The number of aromatic amines is 1. The number of rotatable bonds is 1. The summed E-state index contributed by atoms with van der Waals surface area (Å²) in [6.07, 6.45) is 0. The average molecular weight is 181 g/mol. The van der Waals surface area contributed by atoms with E-state index >= 15 is 0 Å². The molecule has 0 aliphatic carbocycles. The second kappa shape index (κ2) is 3.30. The van der Waals surface area contributed by atoms with Crippen LogP contribution in [-0.2, 0) is 0 Å². The number of H-pyrrole nitrogens is 1. The largest absolute Gasteiger partial charge is 0.409 e. The van der Waals surface area contributed by atoms with E-state index in [0.29, 0.717) is 5.56 Å². The monoisotopic (exact) mass is 181 g/mol. The first-order valence-electron chi connectivity index (χ1n) is 3.74. The molecule has 5 nitrogen and oxygen atoms in total. The van der Waals surface area contributed by atoms with Crippen LogP contribution in [0.4, 0.5) is 0 Å². The number of amidine groups is 1. The van der Waals surface area contributed by atoms with Crippen molar-refractivity contribution in [2.75, 3.05) is 0 Å². The second-order valence-electron chi connectivity index (χ2n) is 2.82. The van der Waals surface area contributed by atoms with Gasteiger partial charge in [0.2, 0.25) is 0 Å². The van der Waals surface area contributed by atoms with E-state index in [4.69, 9.17) is 10.9 Å². The number of aromatic nitrogens is 1. The van der Waals surface area contributed by atoms with Gasteiger partial charge in [-0.25, -0.2) is 0 Å². The van der Waals surface area contributed by atoms with Crippen molar-refractivity contribution in [2.24, 2.45) is 10.9 Å². The highest BCUT2D eigenvalue weighted by atomic mass is 16.4. The fourth-order valence-corrected chi connectivity index (χ4v) is 1.22. The number of hydrogen-bond donors (Lipinski definition) is 3. The standard InChI is InChI=1S/C8H11N3O2/c1-4-3-5(2)10-8(12)6(4)7(9)11-13/h3,13H,1-2H3,(H2,9,11)(H,10,12). The molecule has 0 saturated heterocycles. The van der Waals surface area contributed by atoms with Gasteiger partial charge in [-0.3, -0.25) is 4.79 Å². The van der Waals surface area contributed by atoms with Crippen molar-refractivity contribution in [3.05, 3.63) is 33.2 Å². The molecule has 0 bridgehead atoms. The smallest absolute Gasteiger partial charge is 0.259 e. The molecule has 0 aliphatic heterocycles. The summed E-state index contributed by atoms with van der Waals surface area (Å²) in [6.45, 7) is 3.50. The molecule has 0 saturated carbocycles. The van der Waals surface area contributed by atoms with Crippen LogP contribution in [0.1, 0.15) is 16.8 Å². The Morgan fingerprint density at radius 2 is 2.23 bits per heavy atom. The van der Waals surface area contributed by atoms with Gasteiger partial charge in [0.15, 0.2) is 5.84 Å². The highest BCUT2D eigenvalue weighted by Crippen LogP contribution is 2.02. The van der Waals surface area contributed by atoms with Gasteiger partial charge in [-0.05, 0) is 25.5 Å². The summed E-state index contributed by atoms with van der Waals surface area (Å²) >= 11 is 0. The van der Waals surface area contributed by atoms with E-state index in [2.05, 4.69) is 10.1 Å². The molecular weight excluding hydrogens is 170 g/mol. The van der Waals surface area contributed by atoms with E-state index in [9.17, 15) is 4.79 Å². The lowest BCUT2D eigenvalue weighted by molar-refractivity contribution is 0.318.